The van der Waals surface area contributed by atoms with Crippen LogP contribution < -0.4 is 10.1 Å². The molecule has 4 rings (SSSR count). The molecule has 1 atom stereocenters. The van der Waals surface area contributed by atoms with Crippen LogP contribution in [-0.4, -0.2) is 31.8 Å². The standard InChI is InChI=1S/C24H23FN2O4S/c1-31-21-8-4-5-17(13-21)15-26-24(28)23-14-18-6-2-3-7-19(18)16-27(23)32(29,30)22-11-9-20(25)10-12-22/h2-13,23H,14-16H2,1H3,(H,26,28)/t23-/m0/s1. The summed E-state index contributed by atoms with van der Waals surface area (Å²) in [7, 11) is -2.46. The number of nitrogens with zero attached hydrogens (tertiary/aromatic N) is 1. The summed E-state index contributed by atoms with van der Waals surface area (Å²) in [4.78, 5) is 13.1. The highest BCUT2D eigenvalue weighted by atomic mass is 32.2. The van der Waals surface area contributed by atoms with Crippen molar-refractivity contribution in [2.75, 3.05) is 7.11 Å². The van der Waals surface area contributed by atoms with E-state index in [1.807, 2.05) is 42.5 Å². The molecule has 0 spiro atoms. The number of amides is 1. The molecular formula is C24H23FN2O4S. The molecule has 1 amide bonds. The topological polar surface area (TPSA) is 75.7 Å². The molecule has 166 valence electrons. The third-order valence-electron chi connectivity index (χ3n) is 5.53. The molecule has 32 heavy (non-hydrogen) atoms. The van der Waals surface area contributed by atoms with Crippen molar-refractivity contribution in [3.05, 3.63) is 95.3 Å². The van der Waals surface area contributed by atoms with Gasteiger partial charge in [0, 0.05) is 13.1 Å². The van der Waals surface area contributed by atoms with Gasteiger partial charge in [0.2, 0.25) is 15.9 Å². The van der Waals surface area contributed by atoms with Gasteiger partial charge in [-0.15, -0.1) is 0 Å². The number of carbonyl (C=O) groups is 1. The lowest BCUT2D eigenvalue weighted by molar-refractivity contribution is -0.125. The molecule has 0 bridgehead atoms. The molecule has 1 aliphatic heterocycles. The van der Waals surface area contributed by atoms with Gasteiger partial charge in [-0.25, -0.2) is 12.8 Å². The summed E-state index contributed by atoms with van der Waals surface area (Å²) in [5.74, 6) is -0.252. The Bertz CT molecular complexity index is 1230. The fourth-order valence-electron chi connectivity index (χ4n) is 3.81. The van der Waals surface area contributed by atoms with Crippen molar-refractivity contribution in [3.8, 4) is 5.75 Å². The van der Waals surface area contributed by atoms with E-state index < -0.39 is 27.8 Å². The van der Waals surface area contributed by atoms with Crippen LogP contribution in [0.25, 0.3) is 0 Å². The van der Waals surface area contributed by atoms with E-state index in [0.717, 1.165) is 28.8 Å². The summed E-state index contributed by atoms with van der Waals surface area (Å²) in [5.41, 5.74) is 2.61. The van der Waals surface area contributed by atoms with Gasteiger partial charge in [-0.1, -0.05) is 36.4 Å². The number of rotatable bonds is 6. The molecule has 0 fully saturated rings. The predicted octanol–water partition coefficient (Wildman–Crippen LogP) is 3.27. The molecule has 8 heteroatoms. The first-order valence-corrected chi connectivity index (χ1v) is 11.6. The van der Waals surface area contributed by atoms with Crippen LogP contribution in [0.2, 0.25) is 0 Å². The number of benzene rings is 3. The molecule has 3 aromatic carbocycles. The van der Waals surface area contributed by atoms with Crippen LogP contribution in [-0.2, 0) is 34.3 Å². The number of ether oxygens (including phenoxy) is 1. The second kappa shape index (κ2) is 9.10. The molecule has 6 nitrogen and oxygen atoms in total. The lowest BCUT2D eigenvalue weighted by Crippen LogP contribution is -2.52. The van der Waals surface area contributed by atoms with Gasteiger partial charge in [0.15, 0.2) is 0 Å². The number of halogens is 1. The summed E-state index contributed by atoms with van der Waals surface area (Å²) < 4.78 is 46.5. The molecule has 0 radical (unpaired) electrons. The second-order valence-electron chi connectivity index (χ2n) is 7.56. The monoisotopic (exact) mass is 454 g/mol. The van der Waals surface area contributed by atoms with E-state index in [4.69, 9.17) is 4.74 Å². The molecule has 0 saturated carbocycles. The third kappa shape index (κ3) is 4.51. The predicted molar refractivity (Wildman–Crippen MR) is 118 cm³/mol. The van der Waals surface area contributed by atoms with Crippen LogP contribution in [0.4, 0.5) is 4.39 Å². The Morgan fingerprint density at radius 3 is 2.50 bits per heavy atom. The van der Waals surface area contributed by atoms with Crippen molar-refractivity contribution in [1.82, 2.24) is 9.62 Å². The average molecular weight is 455 g/mol. The minimum atomic E-state index is -4.02. The molecule has 1 N–H and O–H groups in total. The van der Waals surface area contributed by atoms with Gasteiger partial charge < -0.3 is 10.1 Å². The number of methoxy groups -OCH3 is 1. The minimum Gasteiger partial charge on any atom is -0.497 e. The maximum Gasteiger partial charge on any atom is 0.244 e. The zero-order valence-corrected chi connectivity index (χ0v) is 18.3. The van der Waals surface area contributed by atoms with Gasteiger partial charge in [0.25, 0.3) is 0 Å². The zero-order valence-electron chi connectivity index (χ0n) is 17.5. The van der Waals surface area contributed by atoms with Crippen molar-refractivity contribution in [2.45, 2.75) is 30.4 Å². The molecule has 1 heterocycles. The summed E-state index contributed by atoms with van der Waals surface area (Å²) in [6, 6.07) is 18.5. The first-order valence-electron chi connectivity index (χ1n) is 10.1. The Labute approximate surface area is 186 Å². The summed E-state index contributed by atoms with van der Waals surface area (Å²) >= 11 is 0. The highest BCUT2D eigenvalue weighted by molar-refractivity contribution is 7.89. The van der Waals surface area contributed by atoms with Crippen LogP contribution in [0.3, 0.4) is 0 Å². The maximum absolute atomic E-state index is 13.4. The number of carbonyl (C=O) groups excluding carboxylic acids is 1. The maximum atomic E-state index is 13.4. The normalized spacial score (nSPS) is 16.2. The Kier molecular flexibility index (Phi) is 6.25. The number of hydrogen-bond acceptors (Lipinski definition) is 4. The van der Waals surface area contributed by atoms with Crippen LogP contribution >= 0.6 is 0 Å². The van der Waals surface area contributed by atoms with Crippen molar-refractivity contribution in [3.63, 3.8) is 0 Å². The van der Waals surface area contributed by atoms with E-state index in [-0.39, 0.29) is 24.4 Å². The largest absolute Gasteiger partial charge is 0.497 e. The molecule has 0 saturated heterocycles. The van der Waals surface area contributed by atoms with Crippen LogP contribution in [0.5, 0.6) is 5.75 Å². The van der Waals surface area contributed by atoms with Crippen molar-refractivity contribution in [2.24, 2.45) is 0 Å². The highest BCUT2D eigenvalue weighted by Crippen LogP contribution is 2.29. The van der Waals surface area contributed by atoms with E-state index in [0.29, 0.717) is 5.75 Å². The van der Waals surface area contributed by atoms with Gasteiger partial charge in [-0.2, -0.15) is 4.31 Å². The summed E-state index contributed by atoms with van der Waals surface area (Å²) in [6.45, 7) is 0.297. The molecule has 0 unspecified atom stereocenters. The molecular weight excluding hydrogens is 431 g/mol. The van der Waals surface area contributed by atoms with Crippen LogP contribution in [0.15, 0.2) is 77.7 Å². The van der Waals surface area contributed by atoms with Gasteiger partial charge >= 0.3 is 0 Å². The minimum absolute atomic E-state index is 0.0520. The second-order valence-corrected chi connectivity index (χ2v) is 9.45. The number of hydrogen-bond donors (Lipinski definition) is 1. The zero-order chi connectivity index (χ0) is 22.7. The fourth-order valence-corrected chi connectivity index (χ4v) is 5.37. The Balaban J connectivity index is 1.62. The van der Waals surface area contributed by atoms with E-state index in [9.17, 15) is 17.6 Å². The number of nitrogens with one attached hydrogen (secondary N) is 1. The quantitative estimate of drug-likeness (QED) is 0.620. The Morgan fingerprint density at radius 2 is 1.78 bits per heavy atom. The molecule has 1 aliphatic rings. The smallest absolute Gasteiger partial charge is 0.244 e. The average Bonchev–Trinajstić information content (AvgIpc) is 2.82. The highest BCUT2D eigenvalue weighted by Gasteiger charge is 2.39. The molecule has 0 aliphatic carbocycles. The van der Waals surface area contributed by atoms with Gasteiger partial charge in [0.05, 0.1) is 12.0 Å². The lowest BCUT2D eigenvalue weighted by atomic mass is 9.95. The molecule has 0 aromatic heterocycles. The lowest BCUT2D eigenvalue weighted by Gasteiger charge is -2.35. The third-order valence-corrected chi connectivity index (χ3v) is 7.40. The van der Waals surface area contributed by atoms with Crippen molar-refractivity contribution in [1.29, 1.82) is 0 Å². The fraction of sp³-hybridized carbons (Fsp3) is 0.208. The van der Waals surface area contributed by atoms with Crippen molar-refractivity contribution < 1.29 is 22.3 Å². The first-order chi connectivity index (χ1) is 15.4. The number of sulfonamides is 1. The SMILES string of the molecule is COc1cccc(CNC(=O)[C@@H]2Cc3ccccc3CN2S(=O)(=O)c2ccc(F)cc2)c1. The van der Waals surface area contributed by atoms with Gasteiger partial charge in [-0.05, 0) is 59.5 Å². The van der Waals surface area contributed by atoms with Gasteiger partial charge in [0.1, 0.15) is 17.6 Å². The number of fused-ring (bicyclic) bond motifs is 1. The van der Waals surface area contributed by atoms with E-state index in [1.165, 1.54) is 16.4 Å². The van der Waals surface area contributed by atoms with Crippen LogP contribution in [0.1, 0.15) is 16.7 Å². The van der Waals surface area contributed by atoms with Crippen molar-refractivity contribution >= 4 is 15.9 Å². The first kappa shape index (κ1) is 22.0. The Morgan fingerprint density at radius 1 is 1.06 bits per heavy atom. The van der Waals surface area contributed by atoms with E-state index >= 15 is 0 Å². The molecule has 3 aromatic rings. The van der Waals surface area contributed by atoms with E-state index in [1.54, 1.807) is 13.2 Å². The van der Waals surface area contributed by atoms with Gasteiger partial charge in [-0.3, -0.25) is 4.79 Å². The summed E-state index contributed by atoms with van der Waals surface area (Å²) in [5, 5.41) is 2.85. The van der Waals surface area contributed by atoms with Crippen LogP contribution in [0, 0.1) is 5.82 Å². The summed E-state index contributed by atoms with van der Waals surface area (Å²) in [6.07, 6.45) is 0.251. The Hall–Kier alpha value is -3.23. The van der Waals surface area contributed by atoms with E-state index in [2.05, 4.69) is 5.32 Å².